The van der Waals surface area contributed by atoms with Crippen molar-refractivity contribution >= 4 is 27.5 Å². The molecule has 7 heteroatoms. The van der Waals surface area contributed by atoms with E-state index >= 15 is 0 Å². The van der Waals surface area contributed by atoms with E-state index < -0.39 is 5.82 Å². The van der Waals surface area contributed by atoms with Crippen molar-refractivity contribution in [3.63, 3.8) is 0 Å². The number of halogens is 3. The van der Waals surface area contributed by atoms with Gasteiger partial charge in [-0.2, -0.15) is 0 Å². The largest absolute Gasteiger partial charge is 0.409 e. The minimum absolute atomic E-state index is 0.0231. The van der Waals surface area contributed by atoms with Crippen molar-refractivity contribution in [3.8, 4) is 0 Å². The zero-order valence-corrected chi connectivity index (χ0v) is 12.4. The lowest BCUT2D eigenvalue weighted by atomic mass is 10.1. The molecule has 0 aliphatic rings. The average molecular weight is 356 g/mol. The third kappa shape index (κ3) is 3.49. The number of amidine groups is 1. The maximum atomic E-state index is 14.2. The molecule has 110 valence electrons. The van der Waals surface area contributed by atoms with Crippen molar-refractivity contribution < 1.29 is 14.0 Å². The molecule has 0 unspecified atom stereocenters. The molecule has 2 rings (SSSR count). The number of rotatable bonds is 4. The van der Waals surface area contributed by atoms with Gasteiger partial charge in [-0.3, -0.25) is 0 Å². The summed E-state index contributed by atoms with van der Waals surface area (Å²) in [5.74, 6) is -1.23. The summed E-state index contributed by atoms with van der Waals surface area (Å²) in [6, 6.07) is 8.76. The van der Waals surface area contributed by atoms with Crippen LogP contribution in [0.5, 0.6) is 0 Å². The maximum absolute atomic E-state index is 14.2. The molecule has 2 aromatic rings. The predicted molar refractivity (Wildman–Crippen MR) is 80.3 cm³/mol. The number of hydrogen-bond acceptors (Lipinski definition) is 3. The van der Waals surface area contributed by atoms with E-state index in [1.54, 1.807) is 18.2 Å². The van der Waals surface area contributed by atoms with Crippen molar-refractivity contribution in [2.75, 3.05) is 5.32 Å². The quantitative estimate of drug-likeness (QED) is 0.340. The minimum atomic E-state index is -0.571. The van der Waals surface area contributed by atoms with E-state index in [2.05, 4.69) is 26.4 Å². The summed E-state index contributed by atoms with van der Waals surface area (Å²) in [5.41, 5.74) is 6.40. The van der Waals surface area contributed by atoms with Gasteiger partial charge in [0.15, 0.2) is 5.84 Å². The van der Waals surface area contributed by atoms with Gasteiger partial charge in [0.05, 0.1) is 5.56 Å². The normalized spacial score (nSPS) is 11.5. The highest BCUT2D eigenvalue weighted by atomic mass is 79.9. The van der Waals surface area contributed by atoms with Gasteiger partial charge in [-0.15, -0.1) is 0 Å². The Morgan fingerprint density at radius 1 is 1.29 bits per heavy atom. The Morgan fingerprint density at radius 2 is 2.05 bits per heavy atom. The summed E-state index contributed by atoms with van der Waals surface area (Å²) in [7, 11) is 0. The van der Waals surface area contributed by atoms with Crippen LogP contribution >= 0.6 is 15.9 Å². The third-order valence-corrected chi connectivity index (χ3v) is 3.52. The molecule has 0 fully saturated rings. The molecule has 0 saturated carbocycles. The molecule has 21 heavy (non-hydrogen) atoms. The van der Waals surface area contributed by atoms with Crippen LogP contribution in [0, 0.1) is 11.6 Å². The van der Waals surface area contributed by atoms with E-state index in [0.717, 1.165) is 0 Å². The number of hydrogen-bond donors (Lipinski definition) is 3. The van der Waals surface area contributed by atoms with Crippen LogP contribution in [-0.4, -0.2) is 11.0 Å². The Balaban J connectivity index is 2.21. The van der Waals surface area contributed by atoms with Crippen LogP contribution < -0.4 is 11.1 Å². The van der Waals surface area contributed by atoms with Crippen molar-refractivity contribution in [1.82, 2.24) is 0 Å². The second-order valence-corrected chi connectivity index (χ2v) is 5.10. The molecule has 0 aromatic heterocycles. The summed E-state index contributed by atoms with van der Waals surface area (Å²) >= 11 is 3.22. The van der Waals surface area contributed by atoms with Gasteiger partial charge in [-0.05, 0) is 40.2 Å². The molecule has 0 spiro atoms. The molecule has 0 saturated heterocycles. The van der Waals surface area contributed by atoms with E-state index in [-0.39, 0.29) is 23.8 Å². The SMILES string of the molecule is N/C(=N/O)c1cccc(CNc2ccc(F)cc2Br)c1F. The highest BCUT2D eigenvalue weighted by Crippen LogP contribution is 2.24. The van der Waals surface area contributed by atoms with Crippen LogP contribution in [0.2, 0.25) is 0 Å². The van der Waals surface area contributed by atoms with Crippen LogP contribution in [0.4, 0.5) is 14.5 Å². The molecule has 2 aromatic carbocycles. The molecule has 0 atom stereocenters. The smallest absolute Gasteiger partial charge is 0.173 e. The third-order valence-electron chi connectivity index (χ3n) is 2.86. The molecular formula is C14H12BrF2N3O. The average Bonchev–Trinajstić information content (AvgIpc) is 2.47. The summed E-state index contributed by atoms with van der Waals surface area (Å²) in [5, 5.41) is 14.4. The van der Waals surface area contributed by atoms with Gasteiger partial charge in [-0.25, -0.2) is 8.78 Å². The molecule has 0 amide bonds. The Labute approximate surface area is 128 Å². The molecule has 4 N–H and O–H groups in total. The van der Waals surface area contributed by atoms with Crippen LogP contribution in [0.1, 0.15) is 11.1 Å². The Kier molecular flexibility index (Phi) is 4.74. The number of nitrogens with one attached hydrogen (secondary N) is 1. The second-order valence-electron chi connectivity index (χ2n) is 4.24. The zero-order chi connectivity index (χ0) is 15.4. The summed E-state index contributed by atoms with van der Waals surface area (Å²) < 4.78 is 27.7. The van der Waals surface area contributed by atoms with Gasteiger partial charge in [-0.1, -0.05) is 17.3 Å². The van der Waals surface area contributed by atoms with Crippen molar-refractivity contribution in [3.05, 3.63) is 63.6 Å². The van der Waals surface area contributed by atoms with E-state index in [4.69, 9.17) is 10.9 Å². The number of nitrogens with two attached hydrogens (primary N) is 1. The number of nitrogens with zero attached hydrogens (tertiary/aromatic N) is 1. The molecular weight excluding hydrogens is 344 g/mol. The van der Waals surface area contributed by atoms with Crippen LogP contribution in [0.3, 0.4) is 0 Å². The summed E-state index contributed by atoms with van der Waals surface area (Å²) in [4.78, 5) is 0. The van der Waals surface area contributed by atoms with Gasteiger partial charge in [0.1, 0.15) is 11.6 Å². The Bertz CT molecular complexity index is 692. The molecule has 0 aliphatic carbocycles. The van der Waals surface area contributed by atoms with Crippen molar-refractivity contribution in [1.29, 1.82) is 0 Å². The first-order chi connectivity index (χ1) is 10.0. The highest BCUT2D eigenvalue weighted by molar-refractivity contribution is 9.10. The minimum Gasteiger partial charge on any atom is -0.409 e. The maximum Gasteiger partial charge on any atom is 0.173 e. The lowest BCUT2D eigenvalue weighted by molar-refractivity contribution is 0.318. The van der Waals surface area contributed by atoms with E-state index in [1.807, 2.05) is 0 Å². The van der Waals surface area contributed by atoms with Crippen LogP contribution in [-0.2, 0) is 6.54 Å². The standard InChI is InChI=1S/C14H12BrF2N3O/c15-11-6-9(16)4-5-12(11)19-7-8-2-1-3-10(13(8)17)14(18)20-21/h1-6,19,21H,7H2,(H2,18,20). The Morgan fingerprint density at radius 3 is 2.71 bits per heavy atom. The fourth-order valence-corrected chi connectivity index (χ4v) is 2.28. The summed E-state index contributed by atoms with van der Waals surface area (Å²) in [6.45, 7) is 0.169. The monoisotopic (exact) mass is 355 g/mol. The lowest BCUT2D eigenvalue weighted by Gasteiger charge is -2.11. The topological polar surface area (TPSA) is 70.6 Å². The zero-order valence-electron chi connectivity index (χ0n) is 10.8. The van der Waals surface area contributed by atoms with Crippen LogP contribution in [0.25, 0.3) is 0 Å². The van der Waals surface area contributed by atoms with E-state index in [9.17, 15) is 8.78 Å². The first-order valence-corrected chi connectivity index (χ1v) is 6.76. The first-order valence-electron chi connectivity index (χ1n) is 5.97. The second kappa shape index (κ2) is 6.53. The van der Waals surface area contributed by atoms with E-state index in [1.165, 1.54) is 18.2 Å². The first kappa shape index (κ1) is 15.2. The van der Waals surface area contributed by atoms with Gasteiger partial charge in [0, 0.05) is 22.3 Å². The van der Waals surface area contributed by atoms with Gasteiger partial charge in [0.2, 0.25) is 0 Å². The van der Waals surface area contributed by atoms with Crippen molar-refractivity contribution in [2.24, 2.45) is 10.9 Å². The molecule has 0 radical (unpaired) electrons. The Hall–Kier alpha value is -2.15. The van der Waals surface area contributed by atoms with E-state index in [0.29, 0.717) is 15.7 Å². The molecule has 0 aliphatic heterocycles. The number of anilines is 1. The highest BCUT2D eigenvalue weighted by Gasteiger charge is 2.11. The predicted octanol–water partition coefficient (Wildman–Crippen LogP) is 3.43. The fraction of sp³-hybridized carbons (Fsp3) is 0.0714. The van der Waals surface area contributed by atoms with Gasteiger partial charge in [0.25, 0.3) is 0 Å². The number of benzene rings is 2. The van der Waals surface area contributed by atoms with Crippen LogP contribution in [0.15, 0.2) is 46.0 Å². The fourth-order valence-electron chi connectivity index (χ4n) is 1.79. The van der Waals surface area contributed by atoms with Gasteiger partial charge < -0.3 is 16.3 Å². The molecule has 4 nitrogen and oxygen atoms in total. The molecule has 0 heterocycles. The summed E-state index contributed by atoms with van der Waals surface area (Å²) in [6.07, 6.45) is 0. The van der Waals surface area contributed by atoms with Crippen molar-refractivity contribution in [2.45, 2.75) is 6.54 Å². The van der Waals surface area contributed by atoms with Gasteiger partial charge >= 0.3 is 0 Å². The number of oxime groups is 1. The molecule has 0 bridgehead atoms. The lowest BCUT2D eigenvalue weighted by Crippen LogP contribution is -2.16.